The highest BCUT2D eigenvalue weighted by Gasteiger charge is 2.29. The maximum absolute atomic E-state index is 6.25. The summed E-state index contributed by atoms with van der Waals surface area (Å²) in [5, 5.41) is 0. The van der Waals surface area contributed by atoms with E-state index >= 15 is 0 Å². The van der Waals surface area contributed by atoms with E-state index in [2.05, 4.69) is 61.9 Å². The van der Waals surface area contributed by atoms with Crippen LogP contribution in [-0.2, 0) is 0 Å². The molecule has 0 fully saturated rings. The second-order valence-corrected chi connectivity index (χ2v) is 6.75. The van der Waals surface area contributed by atoms with Crippen molar-refractivity contribution in [1.29, 1.82) is 0 Å². The van der Waals surface area contributed by atoms with Crippen molar-refractivity contribution in [3.63, 3.8) is 0 Å². The lowest BCUT2D eigenvalue weighted by atomic mass is 9.93. The van der Waals surface area contributed by atoms with Crippen LogP contribution < -0.4 is 10.5 Å². The predicted octanol–water partition coefficient (Wildman–Crippen LogP) is 5.25. The van der Waals surface area contributed by atoms with E-state index in [1.165, 1.54) is 5.57 Å². The molecule has 2 N–H and O–H groups in total. The van der Waals surface area contributed by atoms with Crippen molar-refractivity contribution >= 4 is 27.7 Å². The molecule has 1 unspecified atom stereocenters. The lowest BCUT2D eigenvalue weighted by molar-refractivity contribution is 0.128. The summed E-state index contributed by atoms with van der Waals surface area (Å²) >= 11 is 3.49. The van der Waals surface area contributed by atoms with Crippen LogP contribution in [0.15, 0.2) is 28.3 Å². The minimum atomic E-state index is -0.260. The fourth-order valence-corrected chi connectivity index (χ4v) is 2.96. The molecule has 1 heterocycles. The number of nitrogens with two attached hydrogens (primary N) is 1. The van der Waals surface area contributed by atoms with Crippen LogP contribution in [-0.4, -0.2) is 5.60 Å². The van der Waals surface area contributed by atoms with Gasteiger partial charge in [0.1, 0.15) is 11.4 Å². The Balaban J connectivity index is 2.28. The maximum Gasteiger partial charge on any atom is 0.132 e. The van der Waals surface area contributed by atoms with Gasteiger partial charge in [-0.3, -0.25) is 0 Å². The number of hydrogen-bond acceptors (Lipinski definition) is 2. The summed E-state index contributed by atoms with van der Waals surface area (Å²) in [6.07, 6.45) is 8.44. The zero-order valence-electron chi connectivity index (χ0n) is 12.6. The first-order valence-corrected chi connectivity index (χ1v) is 7.72. The van der Waals surface area contributed by atoms with Gasteiger partial charge < -0.3 is 10.5 Å². The summed E-state index contributed by atoms with van der Waals surface area (Å²) in [7, 11) is 0. The minimum Gasteiger partial charge on any atom is -0.482 e. The number of ether oxygens (including phenoxy) is 1. The zero-order chi connectivity index (χ0) is 14.9. The minimum absolute atomic E-state index is 0.260. The van der Waals surface area contributed by atoms with E-state index < -0.39 is 0 Å². The Morgan fingerprint density at radius 3 is 2.80 bits per heavy atom. The normalized spacial score (nSPS) is 20.2. The molecule has 0 aliphatic carbocycles. The van der Waals surface area contributed by atoms with Crippen molar-refractivity contribution in [2.24, 2.45) is 0 Å². The molecule has 0 spiro atoms. The fraction of sp³-hybridized carbons (Fsp3) is 0.412. The molecule has 1 aromatic rings. The Labute approximate surface area is 129 Å². The van der Waals surface area contributed by atoms with Crippen molar-refractivity contribution in [1.82, 2.24) is 0 Å². The van der Waals surface area contributed by atoms with E-state index in [4.69, 9.17) is 10.5 Å². The molecule has 1 atom stereocenters. The molecule has 1 aromatic carbocycles. The van der Waals surface area contributed by atoms with Gasteiger partial charge in [-0.25, -0.2) is 0 Å². The molecule has 2 nitrogen and oxygen atoms in total. The summed E-state index contributed by atoms with van der Waals surface area (Å²) in [5.74, 6) is 0.910. The van der Waals surface area contributed by atoms with E-state index in [9.17, 15) is 0 Å². The molecule has 0 aromatic heterocycles. The summed E-state index contributed by atoms with van der Waals surface area (Å²) in [6.45, 7) is 8.43. The standard InChI is InChI=1S/C17H22BrNO/c1-11(2)6-5-8-17(4)9-7-13-15(19)14(18)10-12(3)16(13)20-17/h6-7,9-10H,5,8,19H2,1-4H3. The van der Waals surface area contributed by atoms with E-state index in [0.29, 0.717) is 0 Å². The first-order valence-electron chi connectivity index (χ1n) is 6.92. The Morgan fingerprint density at radius 2 is 2.15 bits per heavy atom. The highest BCUT2D eigenvalue weighted by atomic mass is 79.9. The topological polar surface area (TPSA) is 35.2 Å². The molecule has 0 bridgehead atoms. The number of aryl methyl sites for hydroxylation is 1. The van der Waals surface area contributed by atoms with Crippen molar-refractivity contribution in [3.8, 4) is 5.75 Å². The smallest absolute Gasteiger partial charge is 0.132 e. The molecule has 3 heteroatoms. The number of rotatable bonds is 3. The van der Waals surface area contributed by atoms with Gasteiger partial charge >= 0.3 is 0 Å². The van der Waals surface area contributed by atoms with Crippen molar-refractivity contribution in [2.45, 2.75) is 46.1 Å². The third-order valence-electron chi connectivity index (χ3n) is 3.62. The largest absolute Gasteiger partial charge is 0.482 e. The van der Waals surface area contributed by atoms with Gasteiger partial charge in [-0.05, 0) is 80.2 Å². The van der Waals surface area contributed by atoms with E-state index in [0.717, 1.165) is 39.9 Å². The summed E-state index contributed by atoms with van der Waals surface area (Å²) in [5.41, 5.74) is 10.0. The van der Waals surface area contributed by atoms with E-state index in [1.54, 1.807) is 0 Å². The van der Waals surface area contributed by atoms with Crippen molar-refractivity contribution in [2.75, 3.05) is 5.73 Å². The molecule has 108 valence electrons. The zero-order valence-corrected chi connectivity index (χ0v) is 14.2. The van der Waals surface area contributed by atoms with Crippen LogP contribution >= 0.6 is 15.9 Å². The number of nitrogen functional groups attached to an aromatic ring is 1. The summed E-state index contributed by atoms with van der Waals surface area (Å²) < 4.78 is 7.18. The van der Waals surface area contributed by atoms with Crippen LogP contribution in [0.25, 0.3) is 6.08 Å². The average Bonchev–Trinajstić information content (AvgIpc) is 2.35. The van der Waals surface area contributed by atoms with E-state index in [-0.39, 0.29) is 5.60 Å². The maximum atomic E-state index is 6.25. The molecule has 2 rings (SSSR count). The second-order valence-electron chi connectivity index (χ2n) is 5.90. The highest BCUT2D eigenvalue weighted by Crippen LogP contribution is 2.41. The Morgan fingerprint density at radius 1 is 1.45 bits per heavy atom. The number of hydrogen-bond donors (Lipinski definition) is 1. The van der Waals surface area contributed by atoms with Crippen molar-refractivity contribution < 1.29 is 4.74 Å². The Kier molecular flexibility index (Phi) is 4.28. The first kappa shape index (κ1) is 15.2. The molecule has 0 radical (unpaired) electrons. The third kappa shape index (κ3) is 3.09. The van der Waals surface area contributed by atoms with Crippen molar-refractivity contribution in [3.05, 3.63) is 39.4 Å². The lowest BCUT2D eigenvalue weighted by Gasteiger charge is -2.33. The van der Waals surface area contributed by atoms with Crippen LogP contribution in [0, 0.1) is 6.92 Å². The number of fused-ring (bicyclic) bond motifs is 1. The quantitative estimate of drug-likeness (QED) is 0.604. The van der Waals surface area contributed by atoms with Crippen LogP contribution in [0.5, 0.6) is 5.75 Å². The van der Waals surface area contributed by atoms with Gasteiger partial charge in [-0.15, -0.1) is 0 Å². The third-order valence-corrected chi connectivity index (χ3v) is 4.28. The highest BCUT2D eigenvalue weighted by molar-refractivity contribution is 9.10. The lowest BCUT2D eigenvalue weighted by Crippen LogP contribution is -2.32. The molecule has 0 amide bonds. The summed E-state index contributed by atoms with van der Waals surface area (Å²) in [6, 6.07) is 2.02. The van der Waals surface area contributed by atoms with Gasteiger partial charge in [0.25, 0.3) is 0 Å². The molecule has 1 aliphatic rings. The van der Waals surface area contributed by atoms with Gasteiger partial charge in [0, 0.05) is 10.0 Å². The molecular weight excluding hydrogens is 314 g/mol. The van der Waals surface area contributed by atoms with Crippen LogP contribution in [0.4, 0.5) is 5.69 Å². The monoisotopic (exact) mass is 335 g/mol. The Bertz CT molecular complexity index is 585. The van der Waals surface area contributed by atoms with E-state index in [1.807, 2.05) is 6.07 Å². The molecule has 1 aliphatic heterocycles. The Hall–Kier alpha value is -1.22. The van der Waals surface area contributed by atoms with Gasteiger partial charge in [0.05, 0.1) is 5.69 Å². The van der Waals surface area contributed by atoms with Gasteiger partial charge in [0.2, 0.25) is 0 Å². The van der Waals surface area contributed by atoms with Crippen LogP contribution in [0.2, 0.25) is 0 Å². The molecular formula is C17H22BrNO. The molecule has 0 saturated carbocycles. The number of halogens is 1. The average molecular weight is 336 g/mol. The molecule has 0 saturated heterocycles. The second kappa shape index (κ2) is 5.65. The predicted molar refractivity (Wildman–Crippen MR) is 90.0 cm³/mol. The number of anilines is 1. The van der Waals surface area contributed by atoms with Crippen LogP contribution in [0.1, 0.15) is 44.7 Å². The van der Waals surface area contributed by atoms with Gasteiger partial charge in [0.15, 0.2) is 0 Å². The molecule has 20 heavy (non-hydrogen) atoms. The fourth-order valence-electron chi connectivity index (χ4n) is 2.41. The number of benzene rings is 1. The van der Waals surface area contributed by atoms with Gasteiger partial charge in [-0.1, -0.05) is 11.6 Å². The SMILES string of the molecule is CC(C)=CCCC1(C)C=Cc2c(N)c(Br)cc(C)c2O1. The first-order chi connectivity index (χ1) is 9.32. The number of allylic oxidation sites excluding steroid dienone is 2. The summed E-state index contributed by atoms with van der Waals surface area (Å²) in [4.78, 5) is 0. The van der Waals surface area contributed by atoms with Crippen LogP contribution in [0.3, 0.4) is 0 Å². The van der Waals surface area contributed by atoms with Gasteiger partial charge in [-0.2, -0.15) is 0 Å².